The molecule has 2 aromatic carbocycles. The van der Waals surface area contributed by atoms with Crippen molar-refractivity contribution in [3.05, 3.63) is 59.7 Å². The number of nitrogens with zero attached hydrogens (tertiary/aromatic N) is 1. The van der Waals surface area contributed by atoms with Crippen molar-refractivity contribution in [3.63, 3.8) is 0 Å². The number of hydrogen-bond donors (Lipinski definition) is 3. The minimum Gasteiger partial charge on any atom is -0.484 e. The van der Waals surface area contributed by atoms with Crippen LogP contribution in [0.15, 0.2) is 53.6 Å². The van der Waals surface area contributed by atoms with Crippen molar-refractivity contribution in [2.75, 3.05) is 18.5 Å². The molecule has 3 N–H and O–H groups in total. The van der Waals surface area contributed by atoms with Crippen molar-refractivity contribution in [1.29, 1.82) is 0 Å². The molecule has 0 atom stereocenters. The average molecular weight is 450 g/mol. The highest BCUT2D eigenvalue weighted by Gasteiger charge is 2.30. The lowest BCUT2D eigenvalue weighted by Crippen LogP contribution is -2.38. The molecule has 0 aliphatic rings. The van der Waals surface area contributed by atoms with Gasteiger partial charge in [0.1, 0.15) is 5.75 Å². The molecule has 0 aliphatic heterocycles. The van der Waals surface area contributed by atoms with Gasteiger partial charge in [0.15, 0.2) is 6.61 Å². The van der Waals surface area contributed by atoms with Crippen molar-refractivity contribution in [1.82, 2.24) is 10.7 Å². The SMILES string of the molecule is CCCNC(=O)C(=O)N/N=C\c1cccc(OCC(=O)Nc2cccc(C(F)(F)F)c2)c1. The van der Waals surface area contributed by atoms with E-state index in [2.05, 4.69) is 21.2 Å². The van der Waals surface area contributed by atoms with Crippen LogP contribution in [-0.4, -0.2) is 37.1 Å². The molecule has 2 aromatic rings. The second kappa shape index (κ2) is 11.5. The number of alkyl halides is 3. The van der Waals surface area contributed by atoms with Crippen LogP contribution in [-0.2, 0) is 20.6 Å². The van der Waals surface area contributed by atoms with E-state index in [-0.39, 0.29) is 5.69 Å². The molecule has 3 amide bonds. The van der Waals surface area contributed by atoms with Gasteiger partial charge >= 0.3 is 18.0 Å². The molecular formula is C21H21F3N4O4. The Morgan fingerprint density at radius 2 is 1.81 bits per heavy atom. The standard InChI is InChI=1S/C21H21F3N4O4/c1-2-9-25-19(30)20(31)28-26-12-14-5-3-8-17(10-14)32-13-18(29)27-16-7-4-6-15(11-16)21(22,23)24/h3-8,10-12H,2,9,13H2,1H3,(H,25,30)(H,27,29)(H,28,31)/b26-12-. The van der Waals surface area contributed by atoms with Crippen molar-refractivity contribution in [2.24, 2.45) is 5.10 Å². The summed E-state index contributed by atoms with van der Waals surface area (Å²) >= 11 is 0. The first-order valence-corrected chi connectivity index (χ1v) is 9.50. The highest BCUT2D eigenvalue weighted by Crippen LogP contribution is 2.30. The molecule has 0 aromatic heterocycles. The second-order valence-electron chi connectivity index (χ2n) is 6.44. The van der Waals surface area contributed by atoms with Gasteiger partial charge in [0, 0.05) is 12.2 Å². The minimum atomic E-state index is -4.52. The Bertz CT molecular complexity index is 993. The van der Waals surface area contributed by atoms with Crippen LogP contribution in [0.4, 0.5) is 18.9 Å². The van der Waals surface area contributed by atoms with Crippen LogP contribution in [0.25, 0.3) is 0 Å². The number of hydrogen-bond acceptors (Lipinski definition) is 5. The van der Waals surface area contributed by atoms with Crippen LogP contribution in [0, 0.1) is 0 Å². The van der Waals surface area contributed by atoms with Gasteiger partial charge in [-0.05, 0) is 42.3 Å². The fraction of sp³-hybridized carbons (Fsp3) is 0.238. The third-order valence-corrected chi connectivity index (χ3v) is 3.82. The molecule has 0 heterocycles. The van der Waals surface area contributed by atoms with E-state index in [1.54, 1.807) is 18.2 Å². The smallest absolute Gasteiger partial charge is 0.416 e. The maximum atomic E-state index is 12.7. The van der Waals surface area contributed by atoms with E-state index in [0.717, 1.165) is 12.1 Å². The molecule has 0 fully saturated rings. The topological polar surface area (TPSA) is 109 Å². The molecule has 11 heteroatoms. The highest BCUT2D eigenvalue weighted by molar-refractivity contribution is 6.35. The van der Waals surface area contributed by atoms with Gasteiger partial charge in [-0.1, -0.05) is 25.1 Å². The zero-order valence-corrected chi connectivity index (χ0v) is 17.0. The van der Waals surface area contributed by atoms with Crippen LogP contribution in [0.1, 0.15) is 24.5 Å². The molecule has 0 saturated heterocycles. The first kappa shape index (κ1) is 24.4. The van der Waals surface area contributed by atoms with Gasteiger partial charge in [-0.2, -0.15) is 18.3 Å². The number of anilines is 1. The number of benzene rings is 2. The summed E-state index contributed by atoms with van der Waals surface area (Å²) in [5, 5.41) is 8.42. The lowest BCUT2D eigenvalue weighted by molar-refractivity contribution is -0.139. The van der Waals surface area contributed by atoms with Crippen LogP contribution in [0.3, 0.4) is 0 Å². The summed E-state index contributed by atoms with van der Waals surface area (Å²) in [4.78, 5) is 35.0. The van der Waals surface area contributed by atoms with E-state index in [9.17, 15) is 27.6 Å². The predicted molar refractivity (Wildman–Crippen MR) is 111 cm³/mol. The Morgan fingerprint density at radius 1 is 1.06 bits per heavy atom. The maximum Gasteiger partial charge on any atom is 0.416 e. The van der Waals surface area contributed by atoms with Gasteiger partial charge in [0.25, 0.3) is 5.91 Å². The lowest BCUT2D eigenvalue weighted by atomic mass is 10.2. The number of ether oxygens (including phenoxy) is 1. The van der Waals surface area contributed by atoms with Gasteiger partial charge in [0.2, 0.25) is 0 Å². The van der Waals surface area contributed by atoms with E-state index in [4.69, 9.17) is 4.74 Å². The summed E-state index contributed by atoms with van der Waals surface area (Å²) in [6, 6.07) is 10.6. The molecule has 2 rings (SSSR count). The molecule has 0 spiro atoms. The summed E-state index contributed by atoms with van der Waals surface area (Å²) in [7, 11) is 0. The summed E-state index contributed by atoms with van der Waals surface area (Å²) in [6.45, 7) is 1.78. The van der Waals surface area contributed by atoms with E-state index in [0.29, 0.717) is 24.3 Å². The van der Waals surface area contributed by atoms with Crippen molar-refractivity contribution in [3.8, 4) is 5.75 Å². The fourth-order valence-electron chi connectivity index (χ4n) is 2.34. The van der Waals surface area contributed by atoms with Crippen LogP contribution in [0.2, 0.25) is 0 Å². The van der Waals surface area contributed by atoms with Crippen LogP contribution in [0.5, 0.6) is 5.75 Å². The molecule has 32 heavy (non-hydrogen) atoms. The molecule has 0 saturated carbocycles. The first-order chi connectivity index (χ1) is 15.2. The van der Waals surface area contributed by atoms with Crippen molar-refractivity contribution < 1.29 is 32.3 Å². The third-order valence-electron chi connectivity index (χ3n) is 3.82. The van der Waals surface area contributed by atoms with E-state index < -0.39 is 36.1 Å². The third kappa shape index (κ3) is 8.09. The number of carbonyl (C=O) groups excluding carboxylic acids is 3. The minimum absolute atomic E-state index is 0.00646. The highest BCUT2D eigenvalue weighted by atomic mass is 19.4. The summed E-state index contributed by atoms with van der Waals surface area (Å²) in [5.74, 6) is -2.06. The Morgan fingerprint density at radius 3 is 2.53 bits per heavy atom. The Kier molecular flexibility index (Phi) is 8.75. The Labute approximate surface area is 181 Å². The molecular weight excluding hydrogens is 429 g/mol. The quantitative estimate of drug-likeness (QED) is 0.326. The normalized spacial score (nSPS) is 11.1. The molecule has 0 bridgehead atoms. The van der Waals surface area contributed by atoms with Crippen LogP contribution >= 0.6 is 0 Å². The Hall–Kier alpha value is -3.89. The largest absolute Gasteiger partial charge is 0.484 e. The van der Waals surface area contributed by atoms with Crippen molar-refractivity contribution in [2.45, 2.75) is 19.5 Å². The lowest BCUT2D eigenvalue weighted by Gasteiger charge is -2.10. The number of rotatable bonds is 8. The summed E-state index contributed by atoms with van der Waals surface area (Å²) in [5.41, 5.74) is 1.71. The number of amides is 3. The zero-order valence-electron chi connectivity index (χ0n) is 17.0. The van der Waals surface area contributed by atoms with Crippen molar-refractivity contribution >= 4 is 29.6 Å². The number of hydrazone groups is 1. The van der Waals surface area contributed by atoms with E-state index in [1.165, 1.54) is 24.4 Å². The number of nitrogens with one attached hydrogen (secondary N) is 3. The first-order valence-electron chi connectivity index (χ1n) is 9.50. The predicted octanol–water partition coefficient (Wildman–Crippen LogP) is 2.70. The number of carbonyl (C=O) groups is 3. The van der Waals surface area contributed by atoms with E-state index in [1.807, 2.05) is 6.92 Å². The molecule has 0 radical (unpaired) electrons. The van der Waals surface area contributed by atoms with Gasteiger partial charge in [-0.15, -0.1) is 0 Å². The van der Waals surface area contributed by atoms with Crippen LogP contribution < -0.4 is 20.8 Å². The summed E-state index contributed by atoms with van der Waals surface area (Å²) < 4.78 is 43.6. The van der Waals surface area contributed by atoms with Gasteiger partial charge < -0.3 is 15.4 Å². The van der Waals surface area contributed by atoms with Gasteiger partial charge in [0.05, 0.1) is 11.8 Å². The molecule has 0 aliphatic carbocycles. The van der Waals surface area contributed by atoms with E-state index >= 15 is 0 Å². The maximum absolute atomic E-state index is 12.7. The zero-order chi connectivity index (χ0) is 23.6. The fourth-order valence-corrected chi connectivity index (χ4v) is 2.34. The molecule has 170 valence electrons. The second-order valence-corrected chi connectivity index (χ2v) is 6.44. The van der Waals surface area contributed by atoms with Gasteiger partial charge in [-0.25, -0.2) is 5.43 Å². The Balaban J connectivity index is 1.87. The molecule has 0 unspecified atom stereocenters. The number of halogens is 3. The monoisotopic (exact) mass is 450 g/mol. The van der Waals surface area contributed by atoms with Gasteiger partial charge in [-0.3, -0.25) is 14.4 Å². The summed E-state index contributed by atoms with van der Waals surface area (Å²) in [6.07, 6.45) is -2.55. The molecule has 8 nitrogen and oxygen atoms in total. The average Bonchev–Trinajstić information content (AvgIpc) is 2.76.